The molecule has 3 heterocycles. The minimum Gasteiger partial charge on any atom is -0.443 e. The van der Waals surface area contributed by atoms with Crippen molar-refractivity contribution in [3.8, 4) is 22.8 Å². The molecular formula is C26H30ClN5O. The first kappa shape index (κ1) is 23.2. The highest BCUT2D eigenvalue weighted by Crippen LogP contribution is 2.25. The number of rotatable bonds is 8. The summed E-state index contributed by atoms with van der Waals surface area (Å²) in [6.45, 7) is 12.5. The average Bonchev–Trinajstić information content (AvgIpc) is 3.41. The van der Waals surface area contributed by atoms with Gasteiger partial charge in [0.05, 0.1) is 6.54 Å². The normalized spacial score (nSPS) is 11.8. The summed E-state index contributed by atoms with van der Waals surface area (Å²) in [7, 11) is 0. The molecule has 4 rings (SSSR count). The second kappa shape index (κ2) is 9.89. The summed E-state index contributed by atoms with van der Waals surface area (Å²) in [6.07, 6.45) is 3.45. The Kier molecular flexibility index (Phi) is 6.96. The van der Waals surface area contributed by atoms with Gasteiger partial charge < -0.3 is 4.42 Å². The van der Waals surface area contributed by atoms with E-state index in [1.807, 2.05) is 23.7 Å². The van der Waals surface area contributed by atoms with Gasteiger partial charge in [0.1, 0.15) is 22.8 Å². The van der Waals surface area contributed by atoms with Crippen LogP contribution < -0.4 is 0 Å². The number of aromatic nitrogens is 4. The quantitative estimate of drug-likeness (QED) is 0.290. The summed E-state index contributed by atoms with van der Waals surface area (Å²) in [5, 5.41) is 5.16. The molecule has 0 radical (unpaired) electrons. The van der Waals surface area contributed by atoms with Gasteiger partial charge in [-0.2, -0.15) is 5.10 Å². The van der Waals surface area contributed by atoms with Crippen LogP contribution in [0.4, 0.5) is 0 Å². The molecule has 0 saturated heterocycles. The van der Waals surface area contributed by atoms with Gasteiger partial charge in [-0.25, -0.2) is 9.97 Å². The van der Waals surface area contributed by atoms with Gasteiger partial charge in [-0.05, 0) is 57.9 Å². The van der Waals surface area contributed by atoms with Crippen molar-refractivity contribution >= 4 is 11.6 Å². The molecule has 0 aliphatic carbocycles. The second-order valence-corrected chi connectivity index (χ2v) is 9.30. The monoisotopic (exact) mass is 463 g/mol. The van der Waals surface area contributed by atoms with Crippen LogP contribution in [0, 0.1) is 6.92 Å². The summed E-state index contributed by atoms with van der Waals surface area (Å²) in [5.41, 5.74) is 5.87. The van der Waals surface area contributed by atoms with Crippen molar-refractivity contribution in [3.63, 3.8) is 0 Å². The highest BCUT2D eigenvalue weighted by atomic mass is 35.5. The van der Waals surface area contributed by atoms with E-state index in [4.69, 9.17) is 16.0 Å². The molecule has 0 aliphatic rings. The van der Waals surface area contributed by atoms with E-state index in [-0.39, 0.29) is 0 Å². The van der Waals surface area contributed by atoms with Gasteiger partial charge in [-0.3, -0.25) is 9.58 Å². The molecule has 172 valence electrons. The van der Waals surface area contributed by atoms with E-state index < -0.39 is 0 Å². The van der Waals surface area contributed by atoms with Gasteiger partial charge >= 0.3 is 0 Å². The lowest BCUT2D eigenvalue weighted by molar-refractivity contribution is 0.166. The predicted octanol–water partition coefficient (Wildman–Crippen LogP) is 6.23. The maximum Gasteiger partial charge on any atom is 0.247 e. The van der Waals surface area contributed by atoms with Crippen LogP contribution in [0.15, 0.2) is 59.3 Å². The van der Waals surface area contributed by atoms with Crippen LogP contribution in [0.5, 0.6) is 0 Å². The molecule has 0 aliphatic heterocycles. The molecule has 0 N–H and O–H groups in total. The third-order valence-electron chi connectivity index (χ3n) is 5.77. The first-order chi connectivity index (χ1) is 15.8. The fraction of sp³-hybridized carbons (Fsp3) is 0.346. The molecule has 0 saturated carbocycles. The Hall–Kier alpha value is -2.96. The van der Waals surface area contributed by atoms with Crippen molar-refractivity contribution < 1.29 is 4.42 Å². The number of oxazole rings is 1. The minimum atomic E-state index is 0.481. The highest BCUT2D eigenvalue weighted by molar-refractivity contribution is 6.29. The topological polar surface area (TPSA) is 60.0 Å². The molecule has 33 heavy (non-hydrogen) atoms. The number of halogens is 1. The lowest BCUT2D eigenvalue weighted by atomic mass is 10.1. The van der Waals surface area contributed by atoms with E-state index in [1.165, 1.54) is 5.56 Å². The van der Waals surface area contributed by atoms with Crippen LogP contribution in [0.3, 0.4) is 0 Å². The standard InChI is InChI=1S/C26H30ClN5O/c1-17(2)31(18(3)4)14-20-6-9-22(10-7-20)24-16-33-26(29-24)23-12-19(5)32(30-23)15-21-8-11-25(27)28-13-21/h6-13,16-18H,14-15H2,1-5H3. The molecule has 0 fully saturated rings. The Morgan fingerprint density at radius 3 is 2.30 bits per heavy atom. The number of nitrogens with zero attached hydrogens (tertiary/aromatic N) is 5. The fourth-order valence-electron chi connectivity index (χ4n) is 3.92. The molecule has 1 aromatic carbocycles. The zero-order valence-corrected chi connectivity index (χ0v) is 20.5. The summed E-state index contributed by atoms with van der Waals surface area (Å²) < 4.78 is 7.68. The number of hydrogen-bond acceptors (Lipinski definition) is 5. The maximum atomic E-state index is 5.88. The molecule has 0 atom stereocenters. The van der Waals surface area contributed by atoms with E-state index >= 15 is 0 Å². The van der Waals surface area contributed by atoms with E-state index in [9.17, 15) is 0 Å². The lowest BCUT2D eigenvalue weighted by Crippen LogP contribution is -2.36. The zero-order chi connectivity index (χ0) is 23.5. The molecular weight excluding hydrogens is 434 g/mol. The van der Waals surface area contributed by atoms with E-state index in [2.05, 4.69) is 71.9 Å². The van der Waals surface area contributed by atoms with Gasteiger partial charge in [-0.15, -0.1) is 0 Å². The largest absolute Gasteiger partial charge is 0.443 e. The number of hydrogen-bond donors (Lipinski definition) is 0. The summed E-state index contributed by atoms with van der Waals surface area (Å²) >= 11 is 5.88. The van der Waals surface area contributed by atoms with Crippen molar-refractivity contribution in [2.75, 3.05) is 0 Å². The highest BCUT2D eigenvalue weighted by Gasteiger charge is 2.16. The van der Waals surface area contributed by atoms with Gasteiger partial charge in [-0.1, -0.05) is 41.9 Å². The third-order valence-corrected chi connectivity index (χ3v) is 5.99. The predicted molar refractivity (Wildman–Crippen MR) is 132 cm³/mol. The smallest absolute Gasteiger partial charge is 0.247 e. The van der Waals surface area contributed by atoms with Crippen molar-refractivity contribution in [2.24, 2.45) is 0 Å². The van der Waals surface area contributed by atoms with E-state index in [1.54, 1.807) is 18.5 Å². The van der Waals surface area contributed by atoms with Crippen molar-refractivity contribution in [3.05, 3.63) is 76.9 Å². The molecule has 6 nitrogen and oxygen atoms in total. The minimum absolute atomic E-state index is 0.481. The summed E-state index contributed by atoms with van der Waals surface area (Å²) in [6, 6.07) is 15.3. The summed E-state index contributed by atoms with van der Waals surface area (Å²) in [4.78, 5) is 11.3. The van der Waals surface area contributed by atoms with Crippen LogP contribution in [0.1, 0.15) is 44.5 Å². The molecule has 0 amide bonds. The van der Waals surface area contributed by atoms with E-state index in [0.717, 1.165) is 29.1 Å². The van der Waals surface area contributed by atoms with Crippen LogP contribution in [0.2, 0.25) is 5.15 Å². The Labute approximate surface area is 200 Å². The Bertz CT molecular complexity index is 1180. The van der Waals surface area contributed by atoms with Gasteiger partial charge in [0.2, 0.25) is 5.89 Å². The Morgan fingerprint density at radius 2 is 1.67 bits per heavy atom. The number of pyridine rings is 1. The lowest BCUT2D eigenvalue weighted by Gasteiger charge is -2.30. The summed E-state index contributed by atoms with van der Waals surface area (Å²) in [5.74, 6) is 0.510. The van der Waals surface area contributed by atoms with Crippen molar-refractivity contribution in [1.29, 1.82) is 0 Å². The SMILES string of the molecule is Cc1cc(-c2nc(-c3ccc(CN(C(C)C)C(C)C)cc3)co2)nn1Cc1ccc(Cl)nc1. The molecule has 0 bridgehead atoms. The van der Waals surface area contributed by atoms with Crippen LogP contribution >= 0.6 is 11.6 Å². The second-order valence-electron chi connectivity index (χ2n) is 8.91. The van der Waals surface area contributed by atoms with Gasteiger partial charge in [0.25, 0.3) is 0 Å². The first-order valence-electron chi connectivity index (χ1n) is 11.3. The Morgan fingerprint density at radius 1 is 0.970 bits per heavy atom. The number of aryl methyl sites for hydroxylation is 1. The van der Waals surface area contributed by atoms with E-state index in [0.29, 0.717) is 35.4 Å². The number of benzene rings is 1. The molecule has 0 unspecified atom stereocenters. The third kappa shape index (κ3) is 5.52. The van der Waals surface area contributed by atoms with Crippen LogP contribution in [0.25, 0.3) is 22.8 Å². The Balaban J connectivity index is 1.48. The molecule has 7 heteroatoms. The fourth-order valence-corrected chi connectivity index (χ4v) is 4.04. The van der Waals surface area contributed by atoms with Crippen molar-refractivity contribution in [1.82, 2.24) is 24.6 Å². The van der Waals surface area contributed by atoms with Crippen LogP contribution in [-0.4, -0.2) is 36.7 Å². The molecule has 0 spiro atoms. The average molecular weight is 464 g/mol. The molecule has 3 aromatic heterocycles. The first-order valence-corrected chi connectivity index (χ1v) is 11.6. The maximum absolute atomic E-state index is 5.88. The zero-order valence-electron chi connectivity index (χ0n) is 19.8. The van der Waals surface area contributed by atoms with Crippen molar-refractivity contribution in [2.45, 2.75) is 59.8 Å². The molecule has 4 aromatic rings. The van der Waals surface area contributed by atoms with Gasteiger partial charge in [0, 0.05) is 36.1 Å². The van der Waals surface area contributed by atoms with Gasteiger partial charge in [0.15, 0.2) is 0 Å². The van der Waals surface area contributed by atoms with Crippen LogP contribution in [-0.2, 0) is 13.1 Å².